The van der Waals surface area contributed by atoms with Crippen molar-refractivity contribution in [1.29, 1.82) is 0 Å². The van der Waals surface area contributed by atoms with E-state index >= 15 is 0 Å². The second-order valence-corrected chi connectivity index (χ2v) is 6.05. The van der Waals surface area contributed by atoms with Gasteiger partial charge in [0, 0.05) is 24.2 Å². The lowest BCUT2D eigenvalue weighted by Crippen LogP contribution is -2.37. The number of nitrogens with zero attached hydrogens (tertiary/aromatic N) is 1. The van der Waals surface area contributed by atoms with E-state index < -0.39 is 0 Å². The summed E-state index contributed by atoms with van der Waals surface area (Å²) >= 11 is 0. The first-order valence-electron chi connectivity index (χ1n) is 7.98. The smallest absolute Gasteiger partial charge is 0.323 e. The van der Waals surface area contributed by atoms with E-state index in [1.807, 2.05) is 30.3 Å². The molecule has 3 N–H and O–H groups in total. The third kappa shape index (κ3) is 2.91. The minimum absolute atomic E-state index is 0.0121. The standard InChI is InChI=1S/C18H16N4O3/c23-16-9-12(10-22(16)13-4-2-1-3-5-13)19-17(24)11-6-7-14-15(8-11)21-18(25)20-14/h1-8,12H,9-10H2,(H,19,24)(H2,20,21,25)/t12-/m0/s1. The molecule has 25 heavy (non-hydrogen) atoms. The van der Waals surface area contributed by atoms with E-state index in [1.165, 1.54) is 0 Å². The molecule has 126 valence electrons. The summed E-state index contributed by atoms with van der Waals surface area (Å²) in [4.78, 5) is 42.9. The highest BCUT2D eigenvalue weighted by Crippen LogP contribution is 2.21. The van der Waals surface area contributed by atoms with Crippen molar-refractivity contribution in [3.05, 3.63) is 64.6 Å². The molecule has 1 saturated heterocycles. The fourth-order valence-corrected chi connectivity index (χ4v) is 3.10. The van der Waals surface area contributed by atoms with E-state index in [9.17, 15) is 14.4 Å². The fraction of sp³-hybridized carbons (Fsp3) is 0.167. The molecular weight excluding hydrogens is 320 g/mol. The summed E-state index contributed by atoms with van der Waals surface area (Å²) in [6.07, 6.45) is 0.268. The van der Waals surface area contributed by atoms with Gasteiger partial charge < -0.3 is 20.2 Å². The van der Waals surface area contributed by atoms with Gasteiger partial charge in [0.15, 0.2) is 0 Å². The van der Waals surface area contributed by atoms with Crippen molar-refractivity contribution in [1.82, 2.24) is 15.3 Å². The number of para-hydroxylation sites is 1. The number of rotatable bonds is 3. The molecule has 1 atom stereocenters. The lowest BCUT2D eigenvalue weighted by Gasteiger charge is -2.17. The van der Waals surface area contributed by atoms with Gasteiger partial charge in [0.25, 0.3) is 5.91 Å². The number of hydrogen-bond donors (Lipinski definition) is 3. The van der Waals surface area contributed by atoms with Gasteiger partial charge in [-0.1, -0.05) is 18.2 Å². The van der Waals surface area contributed by atoms with Gasteiger partial charge in [0.1, 0.15) is 0 Å². The van der Waals surface area contributed by atoms with Crippen LogP contribution in [0.5, 0.6) is 0 Å². The molecule has 1 aromatic heterocycles. The van der Waals surface area contributed by atoms with Crippen LogP contribution in [0.25, 0.3) is 11.0 Å². The Balaban J connectivity index is 1.49. The number of carbonyl (C=O) groups is 2. The van der Waals surface area contributed by atoms with E-state index in [1.54, 1.807) is 23.1 Å². The summed E-state index contributed by atoms with van der Waals surface area (Å²) in [7, 11) is 0. The summed E-state index contributed by atoms with van der Waals surface area (Å²) in [5.41, 5.74) is 2.18. The largest absolute Gasteiger partial charge is 0.347 e. The zero-order chi connectivity index (χ0) is 17.4. The third-order valence-corrected chi connectivity index (χ3v) is 4.31. The molecule has 7 heteroatoms. The van der Waals surface area contributed by atoms with Gasteiger partial charge in [0.2, 0.25) is 5.91 Å². The van der Waals surface area contributed by atoms with Gasteiger partial charge in [-0.2, -0.15) is 0 Å². The number of imidazole rings is 1. The van der Waals surface area contributed by atoms with Crippen LogP contribution in [0.15, 0.2) is 53.3 Å². The van der Waals surface area contributed by atoms with Crippen LogP contribution in [0.4, 0.5) is 5.69 Å². The van der Waals surface area contributed by atoms with Gasteiger partial charge in [-0.15, -0.1) is 0 Å². The van der Waals surface area contributed by atoms with Gasteiger partial charge in [-0.25, -0.2) is 4.79 Å². The third-order valence-electron chi connectivity index (χ3n) is 4.31. The number of carbonyl (C=O) groups excluding carboxylic acids is 2. The Kier molecular flexibility index (Phi) is 3.61. The number of fused-ring (bicyclic) bond motifs is 1. The molecule has 0 aliphatic carbocycles. The second-order valence-electron chi connectivity index (χ2n) is 6.05. The molecule has 1 aliphatic heterocycles. The minimum atomic E-state index is -0.313. The van der Waals surface area contributed by atoms with Gasteiger partial charge in [-0.05, 0) is 30.3 Å². The van der Waals surface area contributed by atoms with Gasteiger partial charge >= 0.3 is 5.69 Å². The monoisotopic (exact) mass is 336 g/mol. The Morgan fingerprint density at radius 1 is 1.04 bits per heavy atom. The van der Waals surface area contributed by atoms with Gasteiger partial charge in [-0.3, -0.25) is 9.59 Å². The maximum atomic E-state index is 12.5. The van der Waals surface area contributed by atoms with Crippen LogP contribution in [0.1, 0.15) is 16.8 Å². The SMILES string of the molecule is O=C(N[C@H]1CC(=O)N(c2ccccc2)C1)c1ccc2[nH]c(=O)[nH]c2c1. The van der Waals surface area contributed by atoms with Crippen LogP contribution < -0.4 is 15.9 Å². The maximum Gasteiger partial charge on any atom is 0.323 e. The molecule has 0 saturated carbocycles. The summed E-state index contributed by atoms with van der Waals surface area (Å²) in [5.74, 6) is -0.279. The molecule has 0 radical (unpaired) electrons. The summed E-state index contributed by atoms with van der Waals surface area (Å²) in [5, 5.41) is 2.89. The molecule has 4 rings (SSSR count). The number of H-pyrrole nitrogens is 2. The van der Waals surface area contributed by atoms with Crippen molar-refractivity contribution < 1.29 is 9.59 Å². The number of aromatic nitrogens is 2. The predicted octanol–water partition coefficient (Wildman–Crippen LogP) is 1.39. The lowest BCUT2D eigenvalue weighted by molar-refractivity contribution is -0.117. The first-order chi connectivity index (χ1) is 12.1. The van der Waals surface area contributed by atoms with Crippen molar-refractivity contribution >= 4 is 28.5 Å². The number of hydrogen-bond acceptors (Lipinski definition) is 3. The highest BCUT2D eigenvalue weighted by atomic mass is 16.2. The van der Waals surface area contributed by atoms with E-state index in [0.29, 0.717) is 23.1 Å². The number of benzene rings is 2. The predicted molar refractivity (Wildman–Crippen MR) is 93.6 cm³/mol. The normalized spacial score (nSPS) is 17.2. The highest BCUT2D eigenvalue weighted by molar-refractivity contribution is 6.00. The number of amides is 2. The molecule has 1 aliphatic rings. The van der Waals surface area contributed by atoms with Crippen LogP contribution in [0.2, 0.25) is 0 Å². The van der Waals surface area contributed by atoms with Crippen molar-refractivity contribution in [2.75, 3.05) is 11.4 Å². The van der Waals surface area contributed by atoms with Crippen molar-refractivity contribution in [3.8, 4) is 0 Å². The Hall–Kier alpha value is -3.35. The zero-order valence-electron chi connectivity index (χ0n) is 13.3. The first-order valence-corrected chi connectivity index (χ1v) is 7.98. The maximum absolute atomic E-state index is 12.5. The summed E-state index contributed by atoms with van der Waals surface area (Å²) < 4.78 is 0. The Morgan fingerprint density at radius 3 is 2.60 bits per heavy atom. The Labute approximate surface area is 142 Å². The fourth-order valence-electron chi connectivity index (χ4n) is 3.10. The summed E-state index contributed by atoms with van der Waals surface area (Å²) in [6.45, 7) is 0.442. The molecule has 0 unspecified atom stereocenters. The first kappa shape index (κ1) is 15.2. The van der Waals surface area contributed by atoms with Crippen molar-refractivity contribution in [2.24, 2.45) is 0 Å². The van der Waals surface area contributed by atoms with Crippen LogP contribution in [0, 0.1) is 0 Å². The second kappa shape index (κ2) is 5.94. The molecule has 2 aromatic carbocycles. The van der Waals surface area contributed by atoms with Crippen LogP contribution in [0.3, 0.4) is 0 Å². The van der Waals surface area contributed by atoms with E-state index in [4.69, 9.17) is 0 Å². The van der Waals surface area contributed by atoms with E-state index in [0.717, 1.165) is 5.69 Å². The average molecular weight is 336 g/mol. The van der Waals surface area contributed by atoms with E-state index in [-0.39, 0.29) is 30.0 Å². The number of aromatic amines is 2. The molecule has 0 spiro atoms. The molecule has 1 fully saturated rings. The molecular formula is C18H16N4O3. The lowest BCUT2D eigenvalue weighted by atomic mass is 10.1. The quantitative estimate of drug-likeness (QED) is 0.674. The number of anilines is 1. The molecule has 2 amide bonds. The molecule has 2 heterocycles. The molecule has 7 nitrogen and oxygen atoms in total. The molecule has 3 aromatic rings. The average Bonchev–Trinajstić information content (AvgIpc) is 3.16. The van der Waals surface area contributed by atoms with Gasteiger partial charge in [0.05, 0.1) is 17.1 Å². The summed E-state index contributed by atoms with van der Waals surface area (Å²) in [6, 6.07) is 14.1. The zero-order valence-corrected chi connectivity index (χ0v) is 13.3. The van der Waals surface area contributed by atoms with E-state index in [2.05, 4.69) is 15.3 Å². The topological polar surface area (TPSA) is 98.1 Å². The number of nitrogens with one attached hydrogen (secondary N) is 3. The molecule has 0 bridgehead atoms. The van der Waals surface area contributed by atoms with Crippen LogP contribution in [-0.4, -0.2) is 34.4 Å². The Morgan fingerprint density at radius 2 is 1.80 bits per heavy atom. The van der Waals surface area contributed by atoms with Crippen LogP contribution >= 0.6 is 0 Å². The van der Waals surface area contributed by atoms with Crippen molar-refractivity contribution in [3.63, 3.8) is 0 Å². The van der Waals surface area contributed by atoms with Crippen molar-refractivity contribution in [2.45, 2.75) is 12.5 Å². The highest BCUT2D eigenvalue weighted by Gasteiger charge is 2.31. The Bertz CT molecular complexity index is 1010. The van der Waals surface area contributed by atoms with Crippen LogP contribution in [-0.2, 0) is 4.79 Å². The minimum Gasteiger partial charge on any atom is -0.347 e.